The summed E-state index contributed by atoms with van der Waals surface area (Å²) in [6, 6.07) is 7.15. The lowest BCUT2D eigenvalue weighted by Crippen LogP contribution is -2.42. The smallest absolute Gasteiger partial charge is 0.326 e. The van der Waals surface area contributed by atoms with Crippen molar-refractivity contribution in [2.75, 3.05) is 33.7 Å². The van der Waals surface area contributed by atoms with Crippen LogP contribution in [0.15, 0.2) is 24.3 Å². The topological polar surface area (TPSA) is 62.7 Å². The van der Waals surface area contributed by atoms with E-state index in [1.165, 1.54) is 4.90 Å². The summed E-state index contributed by atoms with van der Waals surface area (Å²) >= 11 is 6.08. The van der Waals surface area contributed by atoms with Gasteiger partial charge in [0, 0.05) is 23.5 Å². The number of esters is 1. The Morgan fingerprint density at radius 1 is 1.14 bits per heavy atom. The minimum atomic E-state index is -0.607. The highest BCUT2D eigenvalue weighted by Crippen LogP contribution is 2.22. The molecule has 0 saturated carbocycles. The molecule has 152 valence electrons. The number of carbonyl (C=O) groups is 2. The van der Waals surface area contributed by atoms with Crippen molar-refractivity contribution in [1.29, 1.82) is 0 Å². The molecule has 7 heteroatoms. The van der Waals surface area contributed by atoms with Crippen molar-refractivity contribution in [1.82, 2.24) is 14.8 Å². The number of benzene rings is 1. The fourth-order valence-corrected chi connectivity index (χ4v) is 2.91. The summed E-state index contributed by atoms with van der Waals surface area (Å²) < 4.78 is 5.40. The fraction of sp³-hybridized carbons (Fsp3) is 0.476. The highest BCUT2D eigenvalue weighted by molar-refractivity contribution is 6.31. The molecule has 0 bridgehead atoms. The molecule has 0 atom stereocenters. The van der Waals surface area contributed by atoms with E-state index in [2.05, 4.69) is 4.98 Å². The third-order valence-corrected chi connectivity index (χ3v) is 4.28. The van der Waals surface area contributed by atoms with Crippen LogP contribution in [0.1, 0.15) is 36.8 Å². The van der Waals surface area contributed by atoms with E-state index < -0.39 is 11.6 Å². The quantitative estimate of drug-likeness (QED) is 0.688. The van der Waals surface area contributed by atoms with Gasteiger partial charge in [0.2, 0.25) is 0 Å². The number of halogens is 1. The average Bonchev–Trinajstić information content (AvgIpc) is 2.56. The monoisotopic (exact) mass is 405 g/mol. The molecule has 0 N–H and O–H groups in total. The molecule has 6 nitrogen and oxygen atoms in total. The molecule has 0 radical (unpaired) electrons. The number of aromatic nitrogens is 1. The second-order valence-corrected chi connectivity index (χ2v) is 8.51. The van der Waals surface area contributed by atoms with Crippen LogP contribution in [0, 0.1) is 6.92 Å². The van der Waals surface area contributed by atoms with Gasteiger partial charge in [-0.25, -0.2) is 0 Å². The maximum atomic E-state index is 13.2. The summed E-state index contributed by atoms with van der Waals surface area (Å²) in [6.45, 7) is 8.11. The van der Waals surface area contributed by atoms with Crippen LogP contribution in [0.3, 0.4) is 0 Å². The van der Waals surface area contributed by atoms with Gasteiger partial charge in [-0.15, -0.1) is 0 Å². The number of rotatable bonds is 6. The lowest BCUT2D eigenvalue weighted by Gasteiger charge is -2.26. The molecule has 28 heavy (non-hydrogen) atoms. The van der Waals surface area contributed by atoms with Gasteiger partial charge in [0.25, 0.3) is 5.91 Å². The maximum Gasteiger partial charge on any atom is 0.326 e. The van der Waals surface area contributed by atoms with Gasteiger partial charge in [-0.1, -0.05) is 11.6 Å². The first-order valence-electron chi connectivity index (χ1n) is 9.19. The van der Waals surface area contributed by atoms with Crippen molar-refractivity contribution < 1.29 is 14.3 Å². The van der Waals surface area contributed by atoms with Gasteiger partial charge < -0.3 is 14.5 Å². The van der Waals surface area contributed by atoms with E-state index in [4.69, 9.17) is 16.3 Å². The van der Waals surface area contributed by atoms with Crippen molar-refractivity contribution in [2.24, 2.45) is 0 Å². The van der Waals surface area contributed by atoms with Gasteiger partial charge in [0.05, 0.1) is 16.8 Å². The average molecular weight is 406 g/mol. The van der Waals surface area contributed by atoms with E-state index in [-0.39, 0.29) is 12.5 Å². The first-order valence-corrected chi connectivity index (χ1v) is 9.57. The summed E-state index contributed by atoms with van der Waals surface area (Å²) in [7, 11) is 3.84. The molecule has 1 amide bonds. The molecule has 1 aromatic heterocycles. The van der Waals surface area contributed by atoms with Crippen molar-refractivity contribution >= 4 is 34.4 Å². The molecule has 0 aliphatic rings. The largest absolute Gasteiger partial charge is 0.459 e. The number of fused-ring (bicyclic) bond motifs is 1. The lowest BCUT2D eigenvalue weighted by atomic mass is 10.1. The second-order valence-electron chi connectivity index (χ2n) is 8.07. The number of amides is 1. The van der Waals surface area contributed by atoms with E-state index in [9.17, 15) is 9.59 Å². The number of hydrogen-bond donors (Lipinski definition) is 0. The molecule has 1 heterocycles. The van der Waals surface area contributed by atoms with Gasteiger partial charge in [-0.3, -0.25) is 14.6 Å². The normalized spacial score (nSPS) is 11.7. The van der Waals surface area contributed by atoms with Crippen LogP contribution in [-0.2, 0) is 9.53 Å². The molecule has 0 fully saturated rings. The van der Waals surface area contributed by atoms with E-state index in [1.54, 1.807) is 45.9 Å². The third kappa shape index (κ3) is 6.17. The zero-order valence-electron chi connectivity index (χ0n) is 17.4. The molecular formula is C21H28ClN3O3. The van der Waals surface area contributed by atoms with Gasteiger partial charge in [-0.2, -0.15) is 0 Å². The zero-order valence-corrected chi connectivity index (χ0v) is 18.1. The Bertz CT molecular complexity index is 875. The molecule has 0 aliphatic carbocycles. The van der Waals surface area contributed by atoms with Crippen LogP contribution in [-0.4, -0.2) is 66.0 Å². The molecule has 2 rings (SSSR count). The molecule has 1 aromatic carbocycles. The Morgan fingerprint density at radius 2 is 1.82 bits per heavy atom. The highest BCUT2D eigenvalue weighted by atomic mass is 35.5. The predicted molar refractivity (Wildman–Crippen MR) is 112 cm³/mol. The number of hydrogen-bond acceptors (Lipinski definition) is 5. The van der Waals surface area contributed by atoms with Crippen LogP contribution in [0.25, 0.3) is 10.9 Å². The van der Waals surface area contributed by atoms with Crippen LogP contribution in [0.2, 0.25) is 5.02 Å². The van der Waals surface area contributed by atoms with E-state index in [1.807, 2.05) is 25.1 Å². The number of likely N-dealkylation sites (N-methyl/N-ethyl adjacent to an activating group) is 1. The third-order valence-electron chi connectivity index (χ3n) is 4.04. The summed E-state index contributed by atoms with van der Waals surface area (Å²) in [5, 5.41) is 1.36. The summed E-state index contributed by atoms with van der Waals surface area (Å²) in [5.74, 6) is -0.686. The van der Waals surface area contributed by atoms with Gasteiger partial charge >= 0.3 is 5.97 Å². The first kappa shape index (κ1) is 22.1. The number of pyridine rings is 1. The van der Waals surface area contributed by atoms with Crippen LogP contribution < -0.4 is 0 Å². The number of ether oxygens (including phenoxy) is 1. The predicted octanol–water partition coefficient (Wildman–Crippen LogP) is 3.54. The molecular weight excluding hydrogens is 378 g/mol. The van der Waals surface area contributed by atoms with E-state index in [0.29, 0.717) is 29.4 Å². The van der Waals surface area contributed by atoms with Crippen LogP contribution >= 0.6 is 11.6 Å². The van der Waals surface area contributed by atoms with Crippen molar-refractivity contribution in [3.05, 3.63) is 40.5 Å². The van der Waals surface area contributed by atoms with Crippen molar-refractivity contribution in [2.45, 2.75) is 33.3 Å². The van der Waals surface area contributed by atoms with Gasteiger partial charge in [0.1, 0.15) is 12.1 Å². The lowest BCUT2D eigenvalue weighted by molar-refractivity contribution is -0.155. The Morgan fingerprint density at radius 3 is 2.43 bits per heavy atom. The minimum Gasteiger partial charge on any atom is -0.459 e. The number of nitrogens with zero attached hydrogens (tertiary/aromatic N) is 3. The maximum absolute atomic E-state index is 13.2. The van der Waals surface area contributed by atoms with Crippen LogP contribution in [0.4, 0.5) is 0 Å². The molecule has 0 unspecified atom stereocenters. The second kappa shape index (κ2) is 8.88. The Hall–Kier alpha value is -2.18. The van der Waals surface area contributed by atoms with E-state index >= 15 is 0 Å². The zero-order chi connectivity index (χ0) is 21.1. The molecule has 2 aromatic rings. The number of aryl methyl sites for hydroxylation is 1. The Kier molecular flexibility index (Phi) is 7.01. The molecule has 0 saturated heterocycles. The van der Waals surface area contributed by atoms with Crippen molar-refractivity contribution in [3.8, 4) is 0 Å². The Labute approximate surface area is 171 Å². The van der Waals surface area contributed by atoms with Gasteiger partial charge in [-0.05, 0) is 66.1 Å². The summed E-state index contributed by atoms with van der Waals surface area (Å²) in [4.78, 5) is 33.6. The molecule has 0 aliphatic heterocycles. The first-order chi connectivity index (χ1) is 13.0. The van der Waals surface area contributed by atoms with Gasteiger partial charge in [0.15, 0.2) is 0 Å². The van der Waals surface area contributed by atoms with E-state index in [0.717, 1.165) is 10.9 Å². The highest BCUT2D eigenvalue weighted by Gasteiger charge is 2.24. The Balaban J connectivity index is 2.33. The summed E-state index contributed by atoms with van der Waals surface area (Å²) in [5.41, 5.74) is 1.23. The SMILES string of the molecule is Cc1nc2ccc(Cl)cc2cc1C(=O)N(CCN(C)C)CC(=O)OC(C)(C)C. The summed E-state index contributed by atoms with van der Waals surface area (Å²) in [6.07, 6.45) is 0. The minimum absolute atomic E-state index is 0.114. The molecule has 0 spiro atoms. The standard InChI is InChI=1S/C21H28ClN3O3/c1-14-17(12-15-11-16(22)7-8-18(15)23-14)20(27)25(10-9-24(5)6)13-19(26)28-21(2,3)4/h7-8,11-12H,9-10,13H2,1-6H3. The van der Waals surface area contributed by atoms with Crippen LogP contribution in [0.5, 0.6) is 0 Å². The fourth-order valence-electron chi connectivity index (χ4n) is 2.73. The van der Waals surface area contributed by atoms with Crippen molar-refractivity contribution in [3.63, 3.8) is 0 Å². The number of carbonyl (C=O) groups excluding carboxylic acids is 2.